The first-order valence-corrected chi connectivity index (χ1v) is 8.78. The molecule has 0 aromatic heterocycles. The summed E-state index contributed by atoms with van der Waals surface area (Å²) in [6.07, 6.45) is 0. The van der Waals surface area contributed by atoms with E-state index in [0.29, 0.717) is 12.3 Å². The lowest BCUT2D eigenvalue weighted by Crippen LogP contribution is -2.40. The smallest absolute Gasteiger partial charge is 0.123 e. The largest absolute Gasteiger partial charge is 0.492 e. The molecule has 1 rings (SSSR count). The van der Waals surface area contributed by atoms with Crippen molar-refractivity contribution in [1.29, 1.82) is 0 Å². The molecule has 1 aromatic carbocycles. The van der Waals surface area contributed by atoms with Crippen molar-refractivity contribution < 1.29 is 20.1 Å². The highest BCUT2D eigenvalue weighted by atomic mass is 16.5. The van der Waals surface area contributed by atoms with Crippen molar-refractivity contribution >= 4 is 0 Å². The van der Waals surface area contributed by atoms with Crippen LogP contribution in [0.4, 0.5) is 0 Å². The van der Waals surface area contributed by atoms with Gasteiger partial charge < -0.3 is 25.8 Å². The van der Waals surface area contributed by atoms with Crippen LogP contribution in [-0.2, 0) is 17.4 Å². The Morgan fingerprint density at radius 3 is 1.68 bits per heavy atom. The van der Waals surface area contributed by atoms with Crippen LogP contribution < -0.4 is 10.5 Å². The first-order chi connectivity index (χ1) is 11.5. The minimum atomic E-state index is -1.07. The molecule has 0 amide bonds. The van der Waals surface area contributed by atoms with Crippen LogP contribution in [-0.4, -0.2) is 41.7 Å². The van der Waals surface area contributed by atoms with E-state index in [4.69, 9.17) is 10.5 Å². The molecule has 5 heteroatoms. The Hall–Kier alpha value is -1.14. The van der Waals surface area contributed by atoms with Gasteiger partial charge >= 0.3 is 0 Å². The Morgan fingerprint density at radius 2 is 1.32 bits per heavy atom. The number of aliphatic hydroxyl groups excluding tert-OH is 3. The second-order valence-electron chi connectivity index (χ2n) is 8.94. The van der Waals surface area contributed by atoms with E-state index in [1.165, 1.54) is 5.56 Å². The van der Waals surface area contributed by atoms with Crippen LogP contribution in [0.15, 0.2) is 12.1 Å². The molecule has 0 aliphatic carbocycles. The molecule has 144 valence electrons. The van der Waals surface area contributed by atoms with Crippen LogP contribution in [0.2, 0.25) is 0 Å². The van der Waals surface area contributed by atoms with Gasteiger partial charge in [0.25, 0.3) is 0 Å². The highest BCUT2D eigenvalue weighted by Gasteiger charge is 2.33. The standard InChI is InChI=1S/C20H35NO4/c1-18(2,3)16-14(9-21)7-8-15(17(16)19(4,5)6)25-13-20(10-22,11-23)12-24/h7-8,22-24H,9-13,21H2,1-6H3. The van der Waals surface area contributed by atoms with Crippen molar-refractivity contribution in [2.24, 2.45) is 11.1 Å². The van der Waals surface area contributed by atoms with Crippen LogP contribution in [0.1, 0.15) is 58.2 Å². The average molecular weight is 354 g/mol. The summed E-state index contributed by atoms with van der Waals surface area (Å²) >= 11 is 0. The lowest BCUT2D eigenvalue weighted by Gasteiger charge is -2.35. The Bertz CT molecular complexity index is 558. The Labute approximate surface area is 151 Å². The van der Waals surface area contributed by atoms with Gasteiger partial charge in [-0.3, -0.25) is 0 Å². The van der Waals surface area contributed by atoms with E-state index < -0.39 is 5.41 Å². The van der Waals surface area contributed by atoms with Gasteiger partial charge in [0.1, 0.15) is 12.4 Å². The van der Waals surface area contributed by atoms with E-state index in [2.05, 4.69) is 41.5 Å². The molecule has 0 saturated heterocycles. The number of nitrogens with two attached hydrogens (primary N) is 1. The van der Waals surface area contributed by atoms with E-state index in [1.54, 1.807) is 0 Å². The highest BCUT2D eigenvalue weighted by Crippen LogP contribution is 2.42. The maximum atomic E-state index is 9.53. The number of benzene rings is 1. The quantitative estimate of drug-likeness (QED) is 0.602. The van der Waals surface area contributed by atoms with E-state index >= 15 is 0 Å². The van der Waals surface area contributed by atoms with Gasteiger partial charge in [-0.05, 0) is 28.0 Å². The Balaban J connectivity index is 3.47. The molecular weight excluding hydrogens is 318 g/mol. The second-order valence-corrected chi connectivity index (χ2v) is 8.94. The maximum Gasteiger partial charge on any atom is 0.123 e. The molecule has 0 atom stereocenters. The number of ether oxygens (including phenoxy) is 1. The van der Waals surface area contributed by atoms with E-state index in [1.807, 2.05) is 12.1 Å². The van der Waals surface area contributed by atoms with Gasteiger partial charge in [0.2, 0.25) is 0 Å². The number of aliphatic hydroxyl groups is 3. The molecule has 5 nitrogen and oxygen atoms in total. The summed E-state index contributed by atoms with van der Waals surface area (Å²) in [4.78, 5) is 0. The van der Waals surface area contributed by atoms with Gasteiger partial charge in [-0.1, -0.05) is 47.6 Å². The fraction of sp³-hybridized carbons (Fsp3) is 0.700. The molecule has 1 aromatic rings. The zero-order valence-electron chi connectivity index (χ0n) is 16.5. The third kappa shape index (κ3) is 4.94. The summed E-state index contributed by atoms with van der Waals surface area (Å²) in [5.74, 6) is 0.703. The molecule has 0 unspecified atom stereocenters. The second kappa shape index (κ2) is 8.04. The first kappa shape index (κ1) is 21.9. The Morgan fingerprint density at radius 1 is 0.840 bits per heavy atom. The van der Waals surface area contributed by atoms with Gasteiger partial charge in [0.05, 0.1) is 25.2 Å². The van der Waals surface area contributed by atoms with Crippen molar-refractivity contribution in [3.05, 3.63) is 28.8 Å². The third-order valence-corrected chi connectivity index (χ3v) is 4.51. The molecule has 0 saturated carbocycles. The molecule has 0 spiro atoms. The van der Waals surface area contributed by atoms with E-state index in [-0.39, 0.29) is 37.3 Å². The third-order valence-electron chi connectivity index (χ3n) is 4.51. The Kier molecular flexibility index (Phi) is 7.04. The van der Waals surface area contributed by atoms with Crippen molar-refractivity contribution in [1.82, 2.24) is 0 Å². The number of hydrogen-bond acceptors (Lipinski definition) is 5. The number of hydrogen-bond donors (Lipinski definition) is 4. The summed E-state index contributed by atoms with van der Waals surface area (Å²) in [6, 6.07) is 3.87. The molecule has 0 aliphatic rings. The summed E-state index contributed by atoms with van der Waals surface area (Å²) in [6.45, 7) is 12.3. The highest BCUT2D eigenvalue weighted by molar-refractivity contribution is 5.52. The van der Waals surface area contributed by atoms with Gasteiger partial charge in [0, 0.05) is 12.1 Å². The lowest BCUT2D eigenvalue weighted by molar-refractivity contribution is -0.0262. The minimum Gasteiger partial charge on any atom is -0.492 e. The summed E-state index contributed by atoms with van der Waals surface area (Å²) in [5.41, 5.74) is 7.95. The van der Waals surface area contributed by atoms with Gasteiger partial charge in [-0.25, -0.2) is 0 Å². The topological polar surface area (TPSA) is 95.9 Å². The summed E-state index contributed by atoms with van der Waals surface area (Å²) in [5, 5.41) is 28.6. The molecule has 0 aliphatic heterocycles. The average Bonchev–Trinajstić information content (AvgIpc) is 2.54. The molecule has 25 heavy (non-hydrogen) atoms. The lowest BCUT2D eigenvalue weighted by atomic mass is 9.72. The SMILES string of the molecule is CC(C)(C)c1c(CN)ccc(OCC(CO)(CO)CO)c1C(C)(C)C. The maximum absolute atomic E-state index is 9.53. The number of rotatable bonds is 7. The van der Waals surface area contributed by atoms with Gasteiger partial charge in [-0.2, -0.15) is 0 Å². The zero-order chi connectivity index (χ0) is 19.5. The van der Waals surface area contributed by atoms with Crippen molar-refractivity contribution in [3.63, 3.8) is 0 Å². The zero-order valence-corrected chi connectivity index (χ0v) is 16.5. The van der Waals surface area contributed by atoms with Crippen LogP contribution in [0, 0.1) is 5.41 Å². The predicted octanol–water partition coefficient (Wildman–Crippen LogP) is 2.08. The summed E-state index contributed by atoms with van der Waals surface area (Å²) < 4.78 is 6.02. The molecule has 5 N–H and O–H groups in total. The van der Waals surface area contributed by atoms with Crippen molar-refractivity contribution in [3.8, 4) is 5.75 Å². The van der Waals surface area contributed by atoms with Gasteiger partial charge in [0.15, 0.2) is 0 Å². The van der Waals surface area contributed by atoms with Crippen molar-refractivity contribution in [2.75, 3.05) is 26.4 Å². The van der Waals surface area contributed by atoms with E-state index in [9.17, 15) is 15.3 Å². The molecule has 0 bridgehead atoms. The van der Waals surface area contributed by atoms with Crippen LogP contribution in [0.25, 0.3) is 0 Å². The summed E-state index contributed by atoms with van der Waals surface area (Å²) in [7, 11) is 0. The van der Waals surface area contributed by atoms with Crippen LogP contribution in [0.5, 0.6) is 5.75 Å². The molecule has 0 fully saturated rings. The molecular formula is C20H35NO4. The van der Waals surface area contributed by atoms with Crippen molar-refractivity contribution in [2.45, 2.75) is 58.9 Å². The fourth-order valence-corrected chi connectivity index (χ4v) is 3.04. The normalized spacial score (nSPS) is 13.2. The van der Waals surface area contributed by atoms with Crippen LogP contribution >= 0.6 is 0 Å². The first-order valence-electron chi connectivity index (χ1n) is 8.78. The van der Waals surface area contributed by atoms with Gasteiger partial charge in [-0.15, -0.1) is 0 Å². The fourth-order valence-electron chi connectivity index (χ4n) is 3.04. The molecule has 0 radical (unpaired) electrons. The monoisotopic (exact) mass is 353 g/mol. The van der Waals surface area contributed by atoms with E-state index in [0.717, 1.165) is 11.1 Å². The molecule has 0 heterocycles. The minimum absolute atomic E-state index is 0.0329. The van der Waals surface area contributed by atoms with Crippen LogP contribution in [0.3, 0.4) is 0 Å². The predicted molar refractivity (Wildman–Crippen MR) is 101 cm³/mol.